The quantitative estimate of drug-likeness (QED) is 0.761. The van der Waals surface area contributed by atoms with Crippen molar-refractivity contribution in [1.29, 1.82) is 0 Å². The van der Waals surface area contributed by atoms with Crippen LogP contribution in [0.5, 0.6) is 0 Å². The predicted octanol–water partition coefficient (Wildman–Crippen LogP) is 1.53. The largest absolute Gasteiger partial charge is 0.316 e. The zero-order chi connectivity index (χ0) is 15.0. The van der Waals surface area contributed by atoms with Gasteiger partial charge in [-0.2, -0.15) is 4.99 Å². The molecule has 1 amide bonds. The number of halogens is 1. The predicted molar refractivity (Wildman–Crippen MR) is 85.9 cm³/mol. The molecule has 0 unspecified atom stereocenters. The number of carbonyl (C=O) groups excluding carboxylic acids is 1. The summed E-state index contributed by atoms with van der Waals surface area (Å²) in [5.41, 5.74) is 0.843. The van der Waals surface area contributed by atoms with Crippen LogP contribution in [0.1, 0.15) is 0 Å². The van der Waals surface area contributed by atoms with Gasteiger partial charge >= 0.3 is 0 Å². The van der Waals surface area contributed by atoms with Crippen molar-refractivity contribution in [2.75, 3.05) is 22.3 Å². The zero-order valence-corrected chi connectivity index (χ0v) is 13.4. The van der Waals surface area contributed by atoms with E-state index in [1.165, 1.54) is 11.8 Å². The van der Waals surface area contributed by atoms with Gasteiger partial charge in [-0.1, -0.05) is 30.0 Å². The van der Waals surface area contributed by atoms with Crippen LogP contribution in [-0.2, 0) is 14.6 Å². The number of hydrogen-bond acceptors (Lipinski definition) is 4. The smallest absolute Gasteiger partial charge is 0.262 e. The maximum absolute atomic E-state index is 11.8. The Bertz CT molecular complexity index is 691. The van der Waals surface area contributed by atoms with E-state index in [-0.39, 0.29) is 28.7 Å². The van der Waals surface area contributed by atoms with Crippen LogP contribution in [0.2, 0.25) is 0 Å². The van der Waals surface area contributed by atoms with E-state index in [1.54, 1.807) is 0 Å². The van der Waals surface area contributed by atoms with Crippen LogP contribution < -0.4 is 4.90 Å². The molecule has 2 saturated heterocycles. The standard InChI is InChI=1S/C13H13ClN2O3S2/c14-6-12(17)15-13-16(9-4-2-1-3-5-9)10-7-21(18,19)8-11(10)20-13/h1-5,10-11H,6-8H2/t10-,11+/m0/s1. The van der Waals surface area contributed by atoms with Gasteiger partial charge in [-0.25, -0.2) is 8.42 Å². The molecule has 2 aliphatic heterocycles. The minimum absolute atomic E-state index is 0.0860. The molecule has 2 atom stereocenters. The van der Waals surface area contributed by atoms with Crippen LogP contribution in [0, 0.1) is 0 Å². The molecule has 0 aliphatic carbocycles. The lowest BCUT2D eigenvalue weighted by Gasteiger charge is -2.24. The van der Waals surface area contributed by atoms with Crippen LogP contribution in [0.15, 0.2) is 35.3 Å². The van der Waals surface area contributed by atoms with Crippen LogP contribution in [0.25, 0.3) is 0 Å². The summed E-state index contributed by atoms with van der Waals surface area (Å²) in [6.07, 6.45) is 0. The molecule has 0 saturated carbocycles. The number of nitrogens with zero attached hydrogens (tertiary/aromatic N) is 2. The topological polar surface area (TPSA) is 66.8 Å². The highest BCUT2D eigenvalue weighted by atomic mass is 35.5. The fourth-order valence-corrected chi connectivity index (χ4v) is 6.58. The van der Waals surface area contributed by atoms with E-state index in [2.05, 4.69) is 4.99 Å². The van der Waals surface area contributed by atoms with Gasteiger partial charge in [-0.3, -0.25) is 4.79 Å². The number of rotatable bonds is 2. The summed E-state index contributed by atoms with van der Waals surface area (Å²) in [7, 11) is -3.03. The third kappa shape index (κ3) is 2.95. The molecule has 2 fully saturated rings. The van der Waals surface area contributed by atoms with Crippen molar-refractivity contribution in [3.8, 4) is 0 Å². The molecule has 21 heavy (non-hydrogen) atoms. The first-order valence-electron chi connectivity index (χ1n) is 6.39. The summed E-state index contributed by atoms with van der Waals surface area (Å²) in [5.74, 6) is -0.379. The number of sulfone groups is 1. The van der Waals surface area contributed by atoms with Gasteiger partial charge in [-0.05, 0) is 12.1 Å². The Balaban J connectivity index is 2.00. The number of aliphatic imine (C=N–C) groups is 1. The first-order chi connectivity index (χ1) is 10.00. The molecule has 1 aromatic carbocycles. The van der Waals surface area contributed by atoms with E-state index in [1.807, 2.05) is 35.2 Å². The van der Waals surface area contributed by atoms with Crippen LogP contribution in [0.3, 0.4) is 0 Å². The zero-order valence-electron chi connectivity index (χ0n) is 11.0. The highest BCUT2D eigenvalue weighted by Gasteiger charge is 2.49. The summed E-state index contributed by atoms with van der Waals surface area (Å²) in [4.78, 5) is 17.4. The number of amides is 1. The van der Waals surface area contributed by atoms with E-state index < -0.39 is 15.7 Å². The van der Waals surface area contributed by atoms with Gasteiger partial charge < -0.3 is 4.90 Å². The second-order valence-electron chi connectivity index (χ2n) is 4.93. The Labute approximate surface area is 132 Å². The van der Waals surface area contributed by atoms with Crippen molar-refractivity contribution in [3.05, 3.63) is 30.3 Å². The molecule has 112 valence electrons. The number of alkyl halides is 1. The first kappa shape index (κ1) is 14.9. The fourth-order valence-electron chi connectivity index (χ4n) is 2.59. The van der Waals surface area contributed by atoms with Crippen molar-refractivity contribution in [1.82, 2.24) is 0 Å². The molecule has 1 aromatic rings. The molecular formula is C13H13ClN2O3S2. The van der Waals surface area contributed by atoms with Crippen LogP contribution >= 0.6 is 23.4 Å². The monoisotopic (exact) mass is 344 g/mol. The minimum Gasteiger partial charge on any atom is -0.316 e. The van der Waals surface area contributed by atoms with E-state index in [0.717, 1.165) is 5.69 Å². The summed E-state index contributed by atoms with van der Waals surface area (Å²) in [6, 6.07) is 9.22. The Morgan fingerprint density at radius 3 is 2.71 bits per heavy atom. The molecule has 0 bridgehead atoms. The number of benzene rings is 1. The number of carbonyl (C=O) groups is 1. The average Bonchev–Trinajstić information content (AvgIpc) is 2.90. The molecule has 5 nitrogen and oxygen atoms in total. The Hall–Kier alpha value is -1.05. The van der Waals surface area contributed by atoms with E-state index in [4.69, 9.17) is 11.6 Å². The maximum atomic E-state index is 11.8. The number of para-hydroxylation sites is 1. The van der Waals surface area contributed by atoms with Gasteiger partial charge in [-0.15, -0.1) is 11.6 Å². The lowest BCUT2D eigenvalue weighted by molar-refractivity contribution is -0.115. The van der Waals surface area contributed by atoms with Crippen molar-refractivity contribution < 1.29 is 13.2 Å². The normalized spacial score (nSPS) is 28.8. The first-order valence-corrected chi connectivity index (χ1v) is 9.62. The number of fused-ring (bicyclic) bond motifs is 1. The molecule has 3 rings (SSSR count). The van der Waals surface area contributed by atoms with Gasteiger partial charge in [0.2, 0.25) is 0 Å². The van der Waals surface area contributed by atoms with Gasteiger partial charge in [0.05, 0.1) is 17.5 Å². The Morgan fingerprint density at radius 1 is 1.33 bits per heavy atom. The molecule has 2 heterocycles. The van der Waals surface area contributed by atoms with E-state index in [9.17, 15) is 13.2 Å². The van der Waals surface area contributed by atoms with Crippen molar-refractivity contribution in [3.63, 3.8) is 0 Å². The van der Waals surface area contributed by atoms with Crippen molar-refractivity contribution in [2.24, 2.45) is 4.99 Å². The maximum Gasteiger partial charge on any atom is 0.262 e. The molecule has 0 N–H and O–H groups in total. The lowest BCUT2D eigenvalue weighted by atomic mass is 10.2. The SMILES string of the molecule is O=C(CCl)N=C1S[C@@H]2CS(=O)(=O)C[C@@H]2N1c1ccccc1. The molecular weight excluding hydrogens is 332 g/mol. The third-order valence-corrected chi connectivity index (χ3v) is 6.87. The van der Waals surface area contributed by atoms with Gasteiger partial charge in [0, 0.05) is 10.9 Å². The molecule has 0 radical (unpaired) electrons. The number of hydrogen-bond donors (Lipinski definition) is 0. The third-order valence-electron chi connectivity index (χ3n) is 3.44. The van der Waals surface area contributed by atoms with Gasteiger partial charge in [0.15, 0.2) is 15.0 Å². The van der Waals surface area contributed by atoms with Crippen molar-refractivity contribution in [2.45, 2.75) is 11.3 Å². The van der Waals surface area contributed by atoms with E-state index >= 15 is 0 Å². The van der Waals surface area contributed by atoms with Crippen LogP contribution in [-0.4, -0.2) is 48.2 Å². The average molecular weight is 345 g/mol. The Kier molecular flexibility index (Phi) is 3.98. The summed E-state index contributed by atoms with van der Waals surface area (Å²) in [5, 5.41) is 0.453. The summed E-state index contributed by atoms with van der Waals surface area (Å²) >= 11 is 6.86. The van der Waals surface area contributed by atoms with Crippen LogP contribution in [0.4, 0.5) is 5.69 Å². The minimum atomic E-state index is -3.03. The number of amidine groups is 1. The van der Waals surface area contributed by atoms with Crippen molar-refractivity contribution >= 4 is 50.0 Å². The second-order valence-corrected chi connectivity index (χ2v) is 8.56. The van der Waals surface area contributed by atoms with E-state index in [0.29, 0.717) is 5.17 Å². The molecule has 2 aliphatic rings. The highest BCUT2D eigenvalue weighted by molar-refractivity contribution is 8.16. The lowest BCUT2D eigenvalue weighted by Crippen LogP contribution is -2.37. The molecule has 0 spiro atoms. The van der Waals surface area contributed by atoms with Gasteiger partial charge in [0.25, 0.3) is 5.91 Å². The summed E-state index contributed by atoms with van der Waals surface area (Å²) < 4.78 is 23.7. The summed E-state index contributed by atoms with van der Waals surface area (Å²) in [6.45, 7) is 0. The molecule has 8 heteroatoms. The Morgan fingerprint density at radius 2 is 2.05 bits per heavy atom. The highest BCUT2D eigenvalue weighted by Crippen LogP contribution is 2.40. The van der Waals surface area contributed by atoms with Gasteiger partial charge in [0.1, 0.15) is 5.88 Å². The number of anilines is 1. The second kappa shape index (κ2) is 5.62. The molecule has 0 aromatic heterocycles. The number of thioether (sulfide) groups is 1. The fraction of sp³-hybridized carbons (Fsp3) is 0.385.